The highest BCUT2D eigenvalue weighted by Gasteiger charge is 2.72. The molecule has 0 aromatic heterocycles. The zero-order valence-corrected chi connectivity index (χ0v) is 29.2. The van der Waals surface area contributed by atoms with E-state index in [2.05, 4.69) is 55.4 Å². The van der Waals surface area contributed by atoms with Crippen molar-refractivity contribution in [3.8, 4) is 0 Å². The van der Waals surface area contributed by atoms with Gasteiger partial charge in [0.15, 0.2) is 0 Å². The fourth-order valence-corrected chi connectivity index (χ4v) is 25.9. The lowest BCUT2D eigenvalue weighted by Crippen LogP contribution is -2.76. The third kappa shape index (κ3) is 7.39. The average Bonchev–Trinajstić information content (AvgIpc) is 2.85. The first-order chi connectivity index (χ1) is 17.0. The van der Waals surface area contributed by atoms with Crippen molar-refractivity contribution in [2.24, 2.45) is 0 Å². The molecule has 12 heteroatoms. The minimum atomic E-state index is -3.41. The molecule has 0 N–H and O–H groups in total. The molecule has 1 aliphatic rings. The molecular weight excluding hydrogens is 529 g/mol. The van der Waals surface area contributed by atoms with Crippen LogP contribution in [0.2, 0.25) is 22.2 Å². The lowest BCUT2D eigenvalue weighted by molar-refractivity contribution is 0.00361. The second kappa shape index (κ2) is 15.4. The first kappa shape index (κ1) is 34.6. The van der Waals surface area contributed by atoms with Crippen molar-refractivity contribution in [1.82, 2.24) is 0 Å². The molecule has 0 radical (unpaired) electrons. The van der Waals surface area contributed by atoms with Crippen LogP contribution in [0.5, 0.6) is 0 Å². The van der Waals surface area contributed by atoms with E-state index in [0.29, 0.717) is 26.4 Å². The van der Waals surface area contributed by atoms with Crippen molar-refractivity contribution in [2.45, 2.75) is 131 Å². The van der Waals surface area contributed by atoms with E-state index in [1.54, 1.807) is 0 Å². The second-order valence-electron chi connectivity index (χ2n) is 9.79. The zero-order valence-electron chi connectivity index (χ0n) is 25.2. The summed E-state index contributed by atoms with van der Waals surface area (Å²) >= 11 is 0. The molecule has 1 rings (SSSR count). The summed E-state index contributed by atoms with van der Waals surface area (Å²) in [5.41, 5.74) is 0.0640. The van der Waals surface area contributed by atoms with Gasteiger partial charge >= 0.3 is 35.2 Å². The highest BCUT2D eigenvalue weighted by atomic mass is 28.6. The van der Waals surface area contributed by atoms with Gasteiger partial charge in [-0.05, 0) is 53.4 Å². The highest BCUT2D eigenvalue weighted by Crippen LogP contribution is 2.48. The van der Waals surface area contributed by atoms with Crippen LogP contribution in [0.4, 0.5) is 0 Å². The maximum Gasteiger partial charge on any atom is 0.489 e. The van der Waals surface area contributed by atoms with Crippen LogP contribution in [0.3, 0.4) is 0 Å². The van der Waals surface area contributed by atoms with E-state index in [9.17, 15) is 0 Å². The monoisotopic (exact) mass is 584 g/mol. The van der Waals surface area contributed by atoms with Crippen molar-refractivity contribution >= 4 is 35.2 Å². The van der Waals surface area contributed by atoms with Gasteiger partial charge in [0, 0.05) is 48.6 Å². The Balaban J connectivity index is 4.10. The summed E-state index contributed by atoms with van der Waals surface area (Å²) in [6.07, 6.45) is 3.33. The van der Waals surface area contributed by atoms with E-state index in [-0.39, 0.29) is 22.2 Å². The standard InChI is InChI=1S/C24H56O8Si4/c1-13-21(9)33(25-17-5)29-34(26-18-6,22(10)14-2)31-36(28-20-8,24(12)16-4)32-35(30-33,27-19-7)23(11)15-3/h21-24H,13-20H2,1-12H3. The topological polar surface area (TPSA) is 73.8 Å². The van der Waals surface area contributed by atoms with Gasteiger partial charge in [-0.2, -0.15) is 0 Å². The first-order valence-corrected chi connectivity index (χ1v) is 21.6. The fraction of sp³-hybridized carbons (Fsp3) is 1.00. The average molecular weight is 585 g/mol. The van der Waals surface area contributed by atoms with Crippen LogP contribution < -0.4 is 0 Å². The first-order valence-electron chi connectivity index (χ1n) is 14.4. The van der Waals surface area contributed by atoms with Gasteiger partial charge in [0.2, 0.25) is 0 Å². The summed E-state index contributed by atoms with van der Waals surface area (Å²) in [7, 11) is -13.6. The van der Waals surface area contributed by atoms with Crippen LogP contribution >= 0.6 is 0 Å². The molecule has 1 heterocycles. The van der Waals surface area contributed by atoms with Crippen molar-refractivity contribution < 1.29 is 34.2 Å². The Kier molecular flexibility index (Phi) is 14.8. The summed E-state index contributed by atoms with van der Waals surface area (Å²) in [5.74, 6) is 0. The van der Waals surface area contributed by atoms with E-state index < -0.39 is 35.2 Å². The van der Waals surface area contributed by atoms with Gasteiger partial charge in [-0.3, -0.25) is 0 Å². The second-order valence-corrected chi connectivity index (χ2v) is 23.0. The van der Waals surface area contributed by atoms with Gasteiger partial charge < -0.3 is 34.2 Å². The van der Waals surface area contributed by atoms with Crippen LogP contribution in [0, 0.1) is 0 Å². The van der Waals surface area contributed by atoms with Crippen LogP contribution in [-0.2, 0) is 34.2 Å². The van der Waals surface area contributed by atoms with Gasteiger partial charge in [-0.15, -0.1) is 0 Å². The molecule has 0 aromatic carbocycles. The Hall–Kier alpha value is 0.548. The fourth-order valence-electron chi connectivity index (χ4n) is 4.29. The molecule has 0 bridgehead atoms. The molecule has 216 valence electrons. The van der Waals surface area contributed by atoms with Crippen molar-refractivity contribution in [3.05, 3.63) is 0 Å². The SMILES string of the molecule is CCO[Si]1(C(C)CC)O[Si](OCC)(C(C)CC)O[Si](OCC)(C(C)CC)O[Si](OCC)(C(C)CC)O1. The normalized spacial score (nSPS) is 35.0. The molecule has 36 heavy (non-hydrogen) atoms. The number of hydrogen-bond donors (Lipinski definition) is 0. The minimum absolute atomic E-state index is 0.0160. The Morgan fingerprint density at radius 2 is 0.556 bits per heavy atom. The molecule has 0 amide bonds. The zero-order chi connectivity index (χ0) is 27.6. The maximum atomic E-state index is 7.26. The molecule has 1 fully saturated rings. The molecule has 4 unspecified atom stereocenters. The van der Waals surface area contributed by atoms with Gasteiger partial charge in [0.1, 0.15) is 0 Å². The third-order valence-electron chi connectivity index (χ3n) is 7.38. The van der Waals surface area contributed by atoms with Gasteiger partial charge in [0.25, 0.3) is 0 Å². The molecule has 0 saturated carbocycles. The molecule has 8 nitrogen and oxygen atoms in total. The van der Waals surface area contributed by atoms with Crippen LogP contribution in [0.25, 0.3) is 0 Å². The Labute approximate surface area is 226 Å². The largest absolute Gasteiger partial charge is 0.489 e. The summed E-state index contributed by atoms with van der Waals surface area (Å²) in [6, 6.07) is 0. The number of rotatable bonds is 16. The van der Waals surface area contributed by atoms with Gasteiger partial charge in [-0.25, -0.2) is 0 Å². The summed E-state index contributed by atoms with van der Waals surface area (Å²) in [4.78, 5) is 0. The molecule has 0 aliphatic carbocycles. The molecule has 0 spiro atoms. The minimum Gasteiger partial charge on any atom is -0.374 e. The Bertz CT molecular complexity index is 517. The van der Waals surface area contributed by atoms with E-state index >= 15 is 0 Å². The molecule has 1 saturated heterocycles. The summed E-state index contributed by atoms with van der Waals surface area (Å²) < 4.78 is 55.4. The van der Waals surface area contributed by atoms with Crippen molar-refractivity contribution in [2.75, 3.05) is 26.4 Å². The van der Waals surface area contributed by atoms with Crippen LogP contribution in [0.15, 0.2) is 0 Å². The molecule has 4 atom stereocenters. The molecule has 1 aliphatic heterocycles. The summed E-state index contributed by atoms with van der Waals surface area (Å²) in [6.45, 7) is 27.0. The predicted molar refractivity (Wildman–Crippen MR) is 153 cm³/mol. The Morgan fingerprint density at radius 3 is 0.667 bits per heavy atom. The van der Waals surface area contributed by atoms with E-state index in [0.717, 1.165) is 25.7 Å². The van der Waals surface area contributed by atoms with Gasteiger partial charge in [0.05, 0.1) is 0 Å². The van der Waals surface area contributed by atoms with Crippen LogP contribution in [0.1, 0.15) is 109 Å². The predicted octanol–water partition coefficient (Wildman–Crippen LogP) is 7.17. The van der Waals surface area contributed by atoms with Gasteiger partial charge in [-0.1, -0.05) is 55.4 Å². The van der Waals surface area contributed by atoms with E-state index in [4.69, 9.17) is 34.2 Å². The lowest BCUT2D eigenvalue weighted by atomic mass is 10.4. The van der Waals surface area contributed by atoms with E-state index in [1.165, 1.54) is 0 Å². The number of hydrogen-bond acceptors (Lipinski definition) is 8. The maximum absolute atomic E-state index is 7.26. The third-order valence-corrected chi connectivity index (χ3v) is 25.7. The van der Waals surface area contributed by atoms with Crippen molar-refractivity contribution in [1.29, 1.82) is 0 Å². The smallest absolute Gasteiger partial charge is 0.374 e. The Morgan fingerprint density at radius 1 is 0.389 bits per heavy atom. The summed E-state index contributed by atoms with van der Waals surface area (Å²) in [5, 5.41) is 0. The molecular formula is C24H56O8Si4. The lowest BCUT2D eigenvalue weighted by Gasteiger charge is -2.54. The quantitative estimate of drug-likeness (QED) is 0.177. The molecule has 0 aromatic rings. The highest BCUT2D eigenvalue weighted by molar-refractivity contribution is 6.90. The van der Waals surface area contributed by atoms with Crippen molar-refractivity contribution in [3.63, 3.8) is 0 Å². The van der Waals surface area contributed by atoms with E-state index in [1.807, 2.05) is 27.7 Å². The van der Waals surface area contributed by atoms with Crippen LogP contribution in [-0.4, -0.2) is 61.6 Å².